The zero-order valence-electron chi connectivity index (χ0n) is 8.94. The first kappa shape index (κ1) is 9.78. The van der Waals surface area contributed by atoms with Crippen molar-refractivity contribution in [1.82, 2.24) is 4.98 Å². The highest BCUT2D eigenvalue weighted by Gasteiger charge is 2.01. The van der Waals surface area contributed by atoms with Crippen LogP contribution in [0.1, 0.15) is 0 Å². The summed E-state index contributed by atoms with van der Waals surface area (Å²) in [5.74, 6) is 0. The normalized spacial score (nSPS) is 10.8. The Morgan fingerprint density at radius 1 is 0.765 bits per heavy atom. The van der Waals surface area contributed by atoms with Gasteiger partial charge in [0.2, 0.25) is 5.56 Å². The SMILES string of the molecule is O=c1ccc2c(=O)c3ccccc3ccc2[nH]1. The fraction of sp³-hybridized carbons (Fsp3) is 0. The van der Waals surface area contributed by atoms with Gasteiger partial charge < -0.3 is 4.98 Å². The fourth-order valence-corrected chi connectivity index (χ4v) is 1.99. The van der Waals surface area contributed by atoms with Gasteiger partial charge in [-0.3, -0.25) is 9.59 Å². The number of H-pyrrole nitrogens is 1. The van der Waals surface area contributed by atoms with E-state index in [4.69, 9.17) is 0 Å². The molecule has 0 aliphatic carbocycles. The molecule has 0 aliphatic heterocycles. The maximum Gasteiger partial charge on any atom is 0.248 e. The van der Waals surface area contributed by atoms with Crippen LogP contribution in [0.2, 0.25) is 0 Å². The van der Waals surface area contributed by atoms with Crippen LogP contribution < -0.4 is 11.0 Å². The molecule has 0 aliphatic rings. The molecule has 0 unspecified atom stereocenters. The fourth-order valence-electron chi connectivity index (χ4n) is 1.99. The summed E-state index contributed by atoms with van der Waals surface area (Å²) < 4.78 is 0. The lowest BCUT2D eigenvalue weighted by Gasteiger charge is -1.90. The lowest BCUT2D eigenvalue weighted by Crippen LogP contribution is -2.06. The number of benzene rings is 1. The Labute approximate surface area is 96.3 Å². The summed E-state index contributed by atoms with van der Waals surface area (Å²) in [5.41, 5.74) is 0.308. The number of hydrogen-bond acceptors (Lipinski definition) is 2. The van der Waals surface area contributed by atoms with Gasteiger partial charge in [0.25, 0.3) is 0 Å². The van der Waals surface area contributed by atoms with Crippen molar-refractivity contribution in [3.05, 3.63) is 69.1 Å². The molecule has 2 aromatic carbocycles. The molecule has 0 fully saturated rings. The van der Waals surface area contributed by atoms with Gasteiger partial charge in [-0.2, -0.15) is 0 Å². The molecular weight excluding hydrogens is 214 g/mol. The third-order valence-corrected chi connectivity index (χ3v) is 2.83. The number of rotatable bonds is 0. The quantitative estimate of drug-likeness (QED) is 0.634. The lowest BCUT2D eigenvalue weighted by molar-refractivity contribution is 1.31. The lowest BCUT2D eigenvalue weighted by atomic mass is 10.2. The highest BCUT2D eigenvalue weighted by Crippen LogP contribution is 2.12. The molecule has 1 heterocycles. The molecule has 82 valence electrons. The van der Waals surface area contributed by atoms with Crippen LogP contribution in [0.3, 0.4) is 0 Å². The van der Waals surface area contributed by atoms with Crippen molar-refractivity contribution in [1.29, 1.82) is 0 Å². The second kappa shape index (κ2) is 3.56. The summed E-state index contributed by atoms with van der Waals surface area (Å²) >= 11 is 0. The van der Waals surface area contributed by atoms with Crippen LogP contribution in [-0.4, -0.2) is 4.98 Å². The highest BCUT2D eigenvalue weighted by atomic mass is 16.1. The summed E-state index contributed by atoms with van der Waals surface area (Å²) in [5, 5.41) is 2.06. The van der Waals surface area contributed by atoms with Crippen LogP contribution >= 0.6 is 0 Å². The van der Waals surface area contributed by atoms with Gasteiger partial charge in [0.15, 0.2) is 5.43 Å². The first-order valence-electron chi connectivity index (χ1n) is 5.31. The van der Waals surface area contributed by atoms with Crippen molar-refractivity contribution in [3.8, 4) is 0 Å². The van der Waals surface area contributed by atoms with Crippen molar-refractivity contribution in [2.75, 3.05) is 0 Å². The summed E-state index contributed by atoms with van der Waals surface area (Å²) in [4.78, 5) is 26.2. The van der Waals surface area contributed by atoms with E-state index >= 15 is 0 Å². The predicted octanol–water partition coefficient (Wildman–Crippen LogP) is 2.04. The standard InChI is InChI=1S/C14H9NO2/c16-13-8-6-11-12(15-13)7-5-9-3-1-2-4-10(9)14(11)17/h1-8H,(H,15,16). The monoisotopic (exact) mass is 223 g/mol. The Balaban J connectivity index is 2.68. The first-order chi connectivity index (χ1) is 8.25. The second-order valence-electron chi connectivity index (χ2n) is 3.90. The summed E-state index contributed by atoms with van der Waals surface area (Å²) in [7, 11) is 0. The van der Waals surface area contributed by atoms with Crippen LogP contribution in [0.4, 0.5) is 0 Å². The molecule has 0 atom stereocenters. The number of fused-ring (bicyclic) bond motifs is 2. The minimum Gasteiger partial charge on any atom is -0.322 e. The minimum absolute atomic E-state index is 0.0585. The molecule has 3 nitrogen and oxygen atoms in total. The average molecular weight is 223 g/mol. The van der Waals surface area contributed by atoms with Crippen molar-refractivity contribution in [2.45, 2.75) is 0 Å². The molecule has 0 saturated carbocycles. The maximum absolute atomic E-state index is 12.3. The summed E-state index contributed by atoms with van der Waals surface area (Å²) in [6.45, 7) is 0. The van der Waals surface area contributed by atoms with E-state index in [2.05, 4.69) is 4.98 Å². The van der Waals surface area contributed by atoms with Gasteiger partial charge in [-0.25, -0.2) is 0 Å². The third kappa shape index (κ3) is 1.52. The van der Waals surface area contributed by atoms with E-state index in [9.17, 15) is 9.59 Å². The van der Waals surface area contributed by atoms with Gasteiger partial charge in [-0.15, -0.1) is 0 Å². The molecule has 17 heavy (non-hydrogen) atoms. The molecule has 0 saturated heterocycles. The largest absolute Gasteiger partial charge is 0.322 e. The van der Waals surface area contributed by atoms with Crippen molar-refractivity contribution in [2.24, 2.45) is 0 Å². The smallest absolute Gasteiger partial charge is 0.248 e. The zero-order valence-corrected chi connectivity index (χ0v) is 8.94. The molecular formula is C14H9NO2. The Kier molecular flexibility index (Phi) is 2.05. The molecule has 0 radical (unpaired) electrons. The van der Waals surface area contributed by atoms with Gasteiger partial charge in [0.05, 0.1) is 5.52 Å². The molecule has 1 N–H and O–H groups in total. The molecule has 3 aromatic rings. The number of pyridine rings is 1. The summed E-state index contributed by atoms with van der Waals surface area (Å²) in [6, 6.07) is 13.9. The predicted molar refractivity (Wildman–Crippen MR) is 68.3 cm³/mol. The van der Waals surface area contributed by atoms with E-state index in [-0.39, 0.29) is 11.0 Å². The maximum atomic E-state index is 12.3. The van der Waals surface area contributed by atoms with E-state index in [0.29, 0.717) is 16.3 Å². The molecule has 1 aromatic heterocycles. The number of hydrogen-bond donors (Lipinski definition) is 1. The van der Waals surface area contributed by atoms with Crippen LogP contribution in [0, 0.1) is 0 Å². The van der Waals surface area contributed by atoms with Gasteiger partial charge in [0, 0.05) is 16.8 Å². The number of nitrogens with one attached hydrogen (secondary N) is 1. The van der Waals surface area contributed by atoms with Crippen LogP contribution in [0.25, 0.3) is 21.7 Å². The van der Waals surface area contributed by atoms with E-state index in [1.54, 1.807) is 18.2 Å². The van der Waals surface area contributed by atoms with Gasteiger partial charge in [-0.1, -0.05) is 30.3 Å². The van der Waals surface area contributed by atoms with Gasteiger partial charge in [-0.05, 0) is 17.5 Å². The average Bonchev–Trinajstić information content (AvgIpc) is 2.48. The Hall–Kier alpha value is -2.42. The number of aromatic nitrogens is 1. The molecule has 0 amide bonds. The molecule has 0 spiro atoms. The van der Waals surface area contributed by atoms with Crippen LogP contribution in [0.5, 0.6) is 0 Å². The van der Waals surface area contributed by atoms with Gasteiger partial charge in [0.1, 0.15) is 0 Å². The molecule has 0 bridgehead atoms. The van der Waals surface area contributed by atoms with Crippen molar-refractivity contribution >= 4 is 21.7 Å². The number of aromatic amines is 1. The van der Waals surface area contributed by atoms with Crippen molar-refractivity contribution < 1.29 is 0 Å². The molecule has 3 rings (SSSR count). The Morgan fingerprint density at radius 2 is 1.59 bits per heavy atom. The third-order valence-electron chi connectivity index (χ3n) is 2.83. The Morgan fingerprint density at radius 3 is 2.47 bits per heavy atom. The second-order valence-corrected chi connectivity index (χ2v) is 3.90. The Bertz CT molecular complexity index is 834. The molecule has 3 heteroatoms. The minimum atomic E-state index is -0.202. The highest BCUT2D eigenvalue weighted by molar-refractivity contribution is 5.91. The van der Waals surface area contributed by atoms with E-state index < -0.39 is 0 Å². The first-order valence-corrected chi connectivity index (χ1v) is 5.31. The van der Waals surface area contributed by atoms with E-state index in [0.717, 1.165) is 5.39 Å². The van der Waals surface area contributed by atoms with Gasteiger partial charge >= 0.3 is 0 Å². The van der Waals surface area contributed by atoms with Crippen LogP contribution in [-0.2, 0) is 0 Å². The van der Waals surface area contributed by atoms with Crippen molar-refractivity contribution in [3.63, 3.8) is 0 Å². The summed E-state index contributed by atoms with van der Waals surface area (Å²) in [6.07, 6.45) is 0. The zero-order chi connectivity index (χ0) is 11.8. The van der Waals surface area contributed by atoms with E-state index in [1.807, 2.05) is 24.3 Å². The van der Waals surface area contributed by atoms with E-state index in [1.165, 1.54) is 6.07 Å². The topological polar surface area (TPSA) is 49.9 Å². The van der Waals surface area contributed by atoms with Crippen LogP contribution in [0.15, 0.2) is 58.1 Å².